The van der Waals surface area contributed by atoms with Crippen molar-refractivity contribution in [3.63, 3.8) is 0 Å². The van der Waals surface area contributed by atoms with Gasteiger partial charge in [0.1, 0.15) is 0 Å². The lowest BCUT2D eigenvalue weighted by molar-refractivity contribution is -0.136. The van der Waals surface area contributed by atoms with E-state index in [0.717, 1.165) is 12.8 Å². The number of Topliss-reactive ketones (excluding diaryl/α,β-unsaturated/α-hetero) is 1. The summed E-state index contributed by atoms with van der Waals surface area (Å²) in [6.45, 7) is 8.34. The number of hydrogen-bond donors (Lipinski definition) is 0. The molecular weight excluding hydrogens is 264 g/mol. The Balaban J connectivity index is 2.01. The molecule has 1 fully saturated rings. The van der Waals surface area contributed by atoms with Crippen molar-refractivity contribution in [1.82, 2.24) is 0 Å². The molecule has 0 radical (unpaired) electrons. The molecular formula is C18H24O3. The Morgan fingerprint density at radius 2 is 1.81 bits per heavy atom. The molecule has 3 heteroatoms. The van der Waals surface area contributed by atoms with Crippen molar-refractivity contribution in [2.75, 3.05) is 6.61 Å². The van der Waals surface area contributed by atoms with Crippen molar-refractivity contribution in [2.45, 2.75) is 40.5 Å². The molecule has 1 aliphatic carbocycles. The number of carbonyl (C=O) groups is 2. The fourth-order valence-electron chi connectivity index (χ4n) is 3.18. The van der Waals surface area contributed by atoms with Crippen LogP contribution in [-0.2, 0) is 9.53 Å². The SMILES string of the molecule is C[C@H]1CC[C@](C)(C(=O)COC(=O)c2ccccc2)C1(C)C. The highest BCUT2D eigenvalue weighted by Crippen LogP contribution is 2.56. The molecule has 1 saturated carbocycles. The first-order valence-corrected chi connectivity index (χ1v) is 7.54. The summed E-state index contributed by atoms with van der Waals surface area (Å²) in [5.74, 6) is 0.0915. The summed E-state index contributed by atoms with van der Waals surface area (Å²) in [5.41, 5.74) is 0.00148. The summed E-state index contributed by atoms with van der Waals surface area (Å²) in [5, 5.41) is 0. The van der Waals surface area contributed by atoms with Crippen molar-refractivity contribution in [3.05, 3.63) is 35.9 Å². The van der Waals surface area contributed by atoms with E-state index < -0.39 is 11.4 Å². The molecule has 0 aromatic heterocycles. The van der Waals surface area contributed by atoms with E-state index in [4.69, 9.17) is 4.74 Å². The first kappa shape index (κ1) is 15.7. The summed E-state index contributed by atoms with van der Waals surface area (Å²) in [6, 6.07) is 8.78. The molecule has 0 N–H and O–H groups in total. The lowest BCUT2D eigenvalue weighted by atomic mass is 9.64. The molecule has 0 amide bonds. The van der Waals surface area contributed by atoms with Gasteiger partial charge in [-0.25, -0.2) is 4.79 Å². The van der Waals surface area contributed by atoms with Crippen LogP contribution in [0.3, 0.4) is 0 Å². The third kappa shape index (κ3) is 2.74. The molecule has 21 heavy (non-hydrogen) atoms. The van der Waals surface area contributed by atoms with Crippen molar-refractivity contribution in [1.29, 1.82) is 0 Å². The molecule has 0 saturated heterocycles. The van der Waals surface area contributed by atoms with E-state index in [9.17, 15) is 9.59 Å². The second kappa shape index (κ2) is 5.63. The van der Waals surface area contributed by atoms with Gasteiger partial charge in [0.05, 0.1) is 5.56 Å². The highest BCUT2D eigenvalue weighted by molar-refractivity contribution is 5.93. The Labute approximate surface area is 126 Å². The Bertz CT molecular complexity index is 533. The van der Waals surface area contributed by atoms with Crippen LogP contribution in [-0.4, -0.2) is 18.4 Å². The van der Waals surface area contributed by atoms with E-state index in [1.165, 1.54) is 0 Å². The standard InChI is InChI=1S/C18H24O3/c1-13-10-11-18(4,17(13,2)3)15(19)12-21-16(20)14-8-6-5-7-9-14/h5-9,13H,10-12H2,1-4H3/t13-,18+/m0/s1. The minimum absolute atomic E-state index is 0.0288. The minimum Gasteiger partial charge on any atom is -0.454 e. The third-order valence-corrected chi connectivity index (χ3v) is 5.69. The van der Waals surface area contributed by atoms with Crippen LogP contribution in [0.2, 0.25) is 0 Å². The fourth-order valence-corrected chi connectivity index (χ4v) is 3.18. The van der Waals surface area contributed by atoms with Gasteiger partial charge in [-0.3, -0.25) is 4.79 Å². The fraction of sp³-hybridized carbons (Fsp3) is 0.556. The maximum Gasteiger partial charge on any atom is 0.338 e. The number of esters is 1. The maximum atomic E-state index is 12.6. The molecule has 0 unspecified atom stereocenters. The number of benzene rings is 1. The van der Waals surface area contributed by atoms with Crippen LogP contribution in [0.4, 0.5) is 0 Å². The van der Waals surface area contributed by atoms with E-state index in [-0.39, 0.29) is 17.8 Å². The van der Waals surface area contributed by atoms with Crippen molar-refractivity contribution in [2.24, 2.45) is 16.7 Å². The van der Waals surface area contributed by atoms with Crippen LogP contribution < -0.4 is 0 Å². The first-order valence-electron chi connectivity index (χ1n) is 7.54. The van der Waals surface area contributed by atoms with E-state index in [1.807, 2.05) is 13.0 Å². The third-order valence-electron chi connectivity index (χ3n) is 5.69. The quantitative estimate of drug-likeness (QED) is 0.790. The van der Waals surface area contributed by atoms with Gasteiger partial charge in [-0.05, 0) is 36.3 Å². The number of rotatable bonds is 4. The Morgan fingerprint density at radius 3 is 2.33 bits per heavy atom. The zero-order valence-electron chi connectivity index (χ0n) is 13.3. The smallest absolute Gasteiger partial charge is 0.338 e. The summed E-state index contributed by atoms with van der Waals surface area (Å²) < 4.78 is 5.21. The van der Waals surface area contributed by atoms with E-state index in [0.29, 0.717) is 11.5 Å². The van der Waals surface area contributed by atoms with Crippen LogP contribution in [0, 0.1) is 16.7 Å². The zero-order valence-corrected chi connectivity index (χ0v) is 13.3. The van der Waals surface area contributed by atoms with Gasteiger partial charge in [0.25, 0.3) is 0 Å². The van der Waals surface area contributed by atoms with Gasteiger partial charge in [0.2, 0.25) is 0 Å². The number of ketones is 1. The number of carbonyl (C=O) groups excluding carboxylic acids is 2. The lowest BCUT2D eigenvalue weighted by Gasteiger charge is -2.39. The summed E-state index contributed by atoms with van der Waals surface area (Å²) in [4.78, 5) is 24.5. The van der Waals surface area contributed by atoms with Gasteiger partial charge >= 0.3 is 5.97 Å². The lowest BCUT2D eigenvalue weighted by Crippen LogP contribution is -2.42. The normalized spacial score (nSPS) is 27.3. The monoisotopic (exact) mass is 288 g/mol. The maximum absolute atomic E-state index is 12.6. The van der Waals surface area contributed by atoms with Crippen LogP contribution in [0.15, 0.2) is 30.3 Å². The topological polar surface area (TPSA) is 43.4 Å². The van der Waals surface area contributed by atoms with Crippen molar-refractivity contribution < 1.29 is 14.3 Å². The van der Waals surface area contributed by atoms with Crippen LogP contribution in [0.25, 0.3) is 0 Å². The van der Waals surface area contributed by atoms with E-state index in [1.54, 1.807) is 24.3 Å². The van der Waals surface area contributed by atoms with Crippen LogP contribution in [0.5, 0.6) is 0 Å². The molecule has 114 valence electrons. The Kier molecular flexibility index (Phi) is 4.22. The molecule has 3 nitrogen and oxygen atoms in total. The van der Waals surface area contributed by atoms with Gasteiger partial charge in [-0.2, -0.15) is 0 Å². The minimum atomic E-state index is -0.434. The predicted molar refractivity (Wildman–Crippen MR) is 82.0 cm³/mol. The van der Waals surface area contributed by atoms with Crippen LogP contribution in [0.1, 0.15) is 50.9 Å². The van der Waals surface area contributed by atoms with Gasteiger partial charge in [0.15, 0.2) is 12.4 Å². The molecule has 0 aliphatic heterocycles. The molecule has 1 aliphatic rings. The van der Waals surface area contributed by atoms with Gasteiger partial charge in [0, 0.05) is 5.41 Å². The summed E-state index contributed by atoms with van der Waals surface area (Å²) in [7, 11) is 0. The summed E-state index contributed by atoms with van der Waals surface area (Å²) in [6.07, 6.45) is 1.91. The van der Waals surface area contributed by atoms with E-state index in [2.05, 4.69) is 20.8 Å². The van der Waals surface area contributed by atoms with Crippen molar-refractivity contribution in [3.8, 4) is 0 Å². The van der Waals surface area contributed by atoms with Gasteiger partial charge < -0.3 is 4.74 Å². The highest BCUT2D eigenvalue weighted by Gasteiger charge is 2.53. The molecule has 2 rings (SSSR count). The molecule has 1 aromatic carbocycles. The molecule has 1 aromatic rings. The second-order valence-electron chi connectivity index (χ2n) is 6.86. The van der Waals surface area contributed by atoms with Gasteiger partial charge in [-0.1, -0.05) is 45.9 Å². The Morgan fingerprint density at radius 1 is 1.19 bits per heavy atom. The van der Waals surface area contributed by atoms with Gasteiger partial charge in [-0.15, -0.1) is 0 Å². The number of hydrogen-bond acceptors (Lipinski definition) is 3. The second-order valence-corrected chi connectivity index (χ2v) is 6.86. The first-order chi connectivity index (χ1) is 9.79. The zero-order chi connectivity index (χ0) is 15.7. The largest absolute Gasteiger partial charge is 0.454 e. The van der Waals surface area contributed by atoms with E-state index >= 15 is 0 Å². The predicted octanol–water partition coefficient (Wildman–Crippen LogP) is 3.87. The van der Waals surface area contributed by atoms with Crippen LogP contribution >= 0.6 is 0 Å². The number of ether oxygens (including phenoxy) is 1. The average Bonchev–Trinajstić information content (AvgIpc) is 2.69. The molecule has 0 bridgehead atoms. The highest BCUT2D eigenvalue weighted by atomic mass is 16.5. The Hall–Kier alpha value is -1.64. The van der Waals surface area contributed by atoms with Crippen molar-refractivity contribution >= 4 is 11.8 Å². The summed E-state index contributed by atoms with van der Waals surface area (Å²) >= 11 is 0. The molecule has 2 atom stereocenters. The molecule has 0 heterocycles. The average molecular weight is 288 g/mol. The molecule has 0 spiro atoms.